The van der Waals surface area contributed by atoms with E-state index in [0.717, 1.165) is 31.6 Å². The normalized spacial score (nSPS) is 23.6. The summed E-state index contributed by atoms with van der Waals surface area (Å²) < 4.78 is 24.7. The molecule has 0 aliphatic carbocycles. The molecule has 2 fully saturated rings. The maximum Gasteiger partial charge on any atom is 0.324 e. The van der Waals surface area contributed by atoms with Gasteiger partial charge in [0.1, 0.15) is 6.04 Å². The van der Waals surface area contributed by atoms with Gasteiger partial charge in [-0.25, -0.2) is 4.21 Å². The zero-order valence-corrected chi connectivity index (χ0v) is 16.4. The molecule has 0 bridgehead atoms. The van der Waals surface area contributed by atoms with Crippen LogP contribution in [0.1, 0.15) is 19.3 Å². The number of anilines is 1. The first kappa shape index (κ1) is 19.6. The Labute approximate surface area is 161 Å². The van der Waals surface area contributed by atoms with Crippen LogP contribution >= 0.6 is 11.6 Å². The van der Waals surface area contributed by atoms with Gasteiger partial charge in [0.2, 0.25) is 0 Å². The summed E-state index contributed by atoms with van der Waals surface area (Å²) in [6.07, 6.45) is 2.46. The number of carbonyl (C=O) groups is 1. The van der Waals surface area contributed by atoms with Crippen LogP contribution < -0.4 is 4.90 Å². The zero-order chi connectivity index (χ0) is 18.5. The summed E-state index contributed by atoms with van der Waals surface area (Å²) in [5.41, 5.74) is 1.11. The Balaban J connectivity index is 1.52. The standard InChI is InChI=1S/C17H24ClN3O4S/c1-24-17(22)16-4-2-3-9-21(16)26(23)25-20-12-10-19(11-13-20)15-7-5-14(18)6-8-15/h5-8,16H,2-4,9-13H2,1H3. The summed E-state index contributed by atoms with van der Waals surface area (Å²) in [4.78, 5) is 14.1. The number of piperidine rings is 1. The van der Waals surface area contributed by atoms with Gasteiger partial charge in [0.15, 0.2) is 0 Å². The third-order valence-electron chi connectivity index (χ3n) is 4.72. The van der Waals surface area contributed by atoms with Gasteiger partial charge in [-0.2, -0.15) is 13.7 Å². The molecule has 1 aromatic carbocycles. The lowest BCUT2D eigenvalue weighted by atomic mass is 10.1. The molecular formula is C17H24ClN3O4S. The number of hydroxylamine groups is 2. The molecule has 9 heteroatoms. The van der Waals surface area contributed by atoms with Gasteiger partial charge in [-0.3, -0.25) is 4.79 Å². The largest absolute Gasteiger partial charge is 0.468 e. The fourth-order valence-electron chi connectivity index (χ4n) is 3.26. The molecule has 144 valence electrons. The first-order valence-electron chi connectivity index (χ1n) is 8.79. The van der Waals surface area contributed by atoms with Crippen molar-refractivity contribution in [2.45, 2.75) is 25.3 Å². The maximum absolute atomic E-state index is 12.6. The Hall–Kier alpha value is -1.19. The Morgan fingerprint density at radius 3 is 2.46 bits per heavy atom. The second-order valence-electron chi connectivity index (χ2n) is 6.36. The summed E-state index contributed by atoms with van der Waals surface area (Å²) in [6, 6.07) is 7.23. The van der Waals surface area contributed by atoms with E-state index in [1.165, 1.54) is 7.11 Å². The molecule has 2 unspecified atom stereocenters. The Morgan fingerprint density at radius 1 is 1.12 bits per heavy atom. The molecular weight excluding hydrogens is 378 g/mol. The molecule has 3 rings (SSSR count). The molecule has 2 saturated heterocycles. The fraction of sp³-hybridized carbons (Fsp3) is 0.588. The van der Waals surface area contributed by atoms with Crippen molar-refractivity contribution < 1.29 is 18.0 Å². The quantitative estimate of drug-likeness (QED) is 0.703. The van der Waals surface area contributed by atoms with E-state index in [9.17, 15) is 9.00 Å². The second-order valence-corrected chi connectivity index (χ2v) is 7.85. The fourth-order valence-corrected chi connectivity index (χ4v) is 4.48. The number of nitrogens with zero attached hydrogens (tertiary/aromatic N) is 3. The molecule has 0 N–H and O–H groups in total. The summed E-state index contributed by atoms with van der Waals surface area (Å²) in [6.45, 7) is 3.35. The highest BCUT2D eigenvalue weighted by Crippen LogP contribution is 2.22. The minimum Gasteiger partial charge on any atom is -0.468 e. The third-order valence-corrected chi connectivity index (χ3v) is 6.13. The minimum atomic E-state index is -1.69. The molecule has 2 aliphatic rings. The van der Waals surface area contributed by atoms with Gasteiger partial charge in [0, 0.05) is 43.4 Å². The lowest BCUT2D eigenvalue weighted by molar-refractivity contribution is -0.146. The highest BCUT2D eigenvalue weighted by atomic mass is 35.5. The van der Waals surface area contributed by atoms with Gasteiger partial charge in [0.05, 0.1) is 7.11 Å². The average molecular weight is 402 g/mol. The van der Waals surface area contributed by atoms with Crippen molar-refractivity contribution in [2.24, 2.45) is 0 Å². The number of hydrogen-bond donors (Lipinski definition) is 0. The number of piperazine rings is 1. The smallest absolute Gasteiger partial charge is 0.324 e. The van der Waals surface area contributed by atoms with Crippen molar-refractivity contribution in [3.05, 3.63) is 29.3 Å². The average Bonchev–Trinajstić information content (AvgIpc) is 2.68. The molecule has 7 nitrogen and oxygen atoms in total. The lowest BCUT2D eigenvalue weighted by Gasteiger charge is -2.37. The molecule has 0 spiro atoms. The second kappa shape index (κ2) is 9.14. The van der Waals surface area contributed by atoms with Crippen molar-refractivity contribution in [1.82, 2.24) is 9.37 Å². The number of ether oxygens (including phenoxy) is 1. The Kier molecular flexibility index (Phi) is 6.88. The van der Waals surface area contributed by atoms with Crippen LogP contribution in [0.15, 0.2) is 24.3 Å². The summed E-state index contributed by atoms with van der Waals surface area (Å²) in [7, 11) is 1.36. The van der Waals surface area contributed by atoms with E-state index in [1.54, 1.807) is 9.37 Å². The van der Waals surface area contributed by atoms with Crippen molar-refractivity contribution in [1.29, 1.82) is 0 Å². The van der Waals surface area contributed by atoms with Gasteiger partial charge in [-0.05, 0) is 43.5 Å². The number of esters is 1. The highest BCUT2D eigenvalue weighted by molar-refractivity contribution is 7.77. The monoisotopic (exact) mass is 401 g/mol. The number of benzene rings is 1. The van der Waals surface area contributed by atoms with Crippen LogP contribution in [-0.4, -0.2) is 65.4 Å². The Morgan fingerprint density at radius 2 is 1.81 bits per heavy atom. The van der Waals surface area contributed by atoms with Crippen molar-refractivity contribution >= 4 is 34.5 Å². The van der Waals surface area contributed by atoms with Crippen LogP contribution in [0.5, 0.6) is 0 Å². The first-order chi connectivity index (χ1) is 12.6. The molecule has 2 aliphatic heterocycles. The molecule has 2 atom stereocenters. The summed E-state index contributed by atoms with van der Waals surface area (Å²) in [5, 5.41) is 2.43. The lowest BCUT2D eigenvalue weighted by Crippen LogP contribution is -2.51. The van der Waals surface area contributed by atoms with Crippen LogP contribution in [0.3, 0.4) is 0 Å². The van der Waals surface area contributed by atoms with Gasteiger partial charge in [0.25, 0.3) is 11.3 Å². The van der Waals surface area contributed by atoms with Crippen LogP contribution in [0.2, 0.25) is 5.02 Å². The van der Waals surface area contributed by atoms with E-state index in [-0.39, 0.29) is 5.97 Å². The van der Waals surface area contributed by atoms with Crippen molar-refractivity contribution in [2.75, 3.05) is 44.7 Å². The van der Waals surface area contributed by atoms with Gasteiger partial charge in [-0.1, -0.05) is 11.6 Å². The highest BCUT2D eigenvalue weighted by Gasteiger charge is 2.35. The number of methoxy groups -OCH3 is 1. The number of carbonyl (C=O) groups excluding carboxylic acids is 1. The number of hydrogen-bond acceptors (Lipinski definition) is 6. The zero-order valence-electron chi connectivity index (χ0n) is 14.8. The van der Waals surface area contributed by atoms with Gasteiger partial charge < -0.3 is 9.64 Å². The van der Waals surface area contributed by atoms with Crippen molar-refractivity contribution in [3.8, 4) is 0 Å². The number of rotatable bonds is 5. The van der Waals surface area contributed by atoms with E-state index in [1.807, 2.05) is 24.3 Å². The molecule has 26 heavy (non-hydrogen) atoms. The number of halogens is 1. The summed E-state index contributed by atoms with van der Waals surface area (Å²) >= 11 is 4.24. The first-order valence-corrected chi connectivity index (χ1v) is 10.2. The van der Waals surface area contributed by atoms with Crippen LogP contribution in [0.4, 0.5) is 5.69 Å². The van der Waals surface area contributed by atoms with Gasteiger partial charge in [-0.15, -0.1) is 0 Å². The SMILES string of the molecule is COC(=O)C1CCCCN1S(=O)ON1CCN(c2ccc(Cl)cc2)CC1. The molecule has 0 amide bonds. The van der Waals surface area contributed by atoms with E-state index < -0.39 is 17.3 Å². The predicted molar refractivity (Wildman–Crippen MR) is 101 cm³/mol. The summed E-state index contributed by atoms with van der Waals surface area (Å²) in [5.74, 6) is -0.353. The molecule has 2 heterocycles. The van der Waals surface area contributed by atoms with Crippen LogP contribution in [-0.2, 0) is 25.1 Å². The minimum absolute atomic E-state index is 0.353. The third kappa shape index (κ3) is 4.75. The predicted octanol–water partition coefficient (Wildman–Crippen LogP) is 2.00. The molecule has 0 radical (unpaired) electrons. The topological polar surface area (TPSA) is 62.3 Å². The van der Waals surface area contributed by atoms with Crippen molar-refractivity contribution in [3.63, 3.8) is 0 Å². The van der Waals surface area contributed by atoms with Crippen LogP contribution in [0, 0.1) is 0 Å². The van der Waals surface area contributed by atoms with E-state index in [0.29, 0.717) is 31.1 Å². The van der Waals surface area contributed by atoms with E-state index >= 15 is 0 Å². The molecule has 0 aromatic heterocycles. The van der Waals surface area contributed by atoms with E-state index in [2.05, 4.69) is 4.90 Å². The molecule has 0 saturated carbocycles. The van der Waals surface area contributed by atoms with Gasteiger partial charge >= 0.3 is 5.97 Å². The Bertz CT molecular complexity index is 637. The maximum atomic E-state index is 12.6. The molecule has 1 aromatic rings. The van der Waals surface area contributed by atoms with Crippen LogP contribution in [0.25, 0.3) is 0 Å². The van der Waals surface area contributed by atoms with E-state index in [4.69, 9.17) is 20.6 Å².